The van der Waals surface area contributed by atoms with E-state index in [4.69, 9.17) is 0 Å². The SMILES string of the molecule is CC(C)C1CCCCC1n1cccc1C(=O)O. The number of carboxylic acid groups (broad SMARTS) is 1. The molecule has 0 aromatic carbocycles. The summed E-state index contributed by atoms with van der Waals surface area (Å²) in [4.78, 5) is 11.2. The third-order valence-corrected chi connectivity index (χ3v) is 3.99. The standard InChI is InChI=1S/C14H21NO2/c1-10(2)11-6-3-4-7-12(11)15-9-5-8-13(15)14(16)17/h5,8-12H,3-4,6-7H2,1-2H3,(H,16,17). The molecule has 1 heterocycles. The lowest BCUT2D eigenvalue weighted by atomic mass is 9.77. The minimum Gasteiger partial charge on any atom is -0.477 e. The van der Waals surface area contributed by atoms with Crippen LogP contribution in [0.4, 0.5) is 0 Å². The van der Waals surface area contributed by atoms with Crippen LogP contribution in [-0.4, -0.2) is 15.6 Å². The van der Waals surface area contributed by atoms with Crippen LogP contribution in [0.15, 0.2) is 18.3 Å². The van der Waals surface area contributed by atoms with Crippen molar-refractivity contribution in [3.63, 3.8) is 0 Å². The van der Waals surface area contributed by atoms with E-state index in [1.165, 1.54) is 19.3 Å². The Morgan fingerprint density at radius 2 is 2.12 bits per heavy atom. The molecule has 0 aliphatic heterocycles. The Morgan fingerprint density at radius 1 is 1.41 bits per heavy atom. The van der Waals surface area contributed by atoms with Crippen LogP contribution in [0, 0.1) is 11.8 Å². The highest BCUT2D eigenvalue weighted by atomic mass is 16.4. The molecule has 2 atom stereocenters. The lowest BCUT2D eigenvalue weighted by molar-refractivity contribution is 0.0673. The van der Waals surface area contributed by atoms with E-state index in [1.54, 1.807) is 6.07 Å². The van der Waals surface area contributed by atoms with Gasteiger partial charge in [-0.25, -0.2) is 4.79 Å². The zero-order chi connectivity index (χ0) is 12.4. The lowest BCUT2D eigenvalue weighted by Crippen LogP contribution is -2.28. The molecule has 1 aromatic rings. The molecule has 0 radical (unpaired) electrons. The zero-order valence-electron chi connectivity index (χ0n) is 10.6. The van der Waals surface area contributed by atoms with Gasteiger partial charge in [0.05, 0.1) is 0 Å². The topological polar surface area (TPSA) is 42.2 Å². The number of hydrogen-bond donors (Lipinski definition) is 1. The molecule has 1 aliphatic carbocycles. The zero-order valence-corrected chi connectivity index (χ0v) is 10.6. The maximum absolute atomic E-state index is 11.2. The van der Waals surface area contributed by atoms with Gasteiger partial charge in [0.15, 0.2) is 0 Å². The number of hydrogen-bond acceptors (Lipinski definition) is 1. The quantitative estimate of drug-likeness (QED) is 0.870. The second-order valence-corrected chi connectivity index (χ2v) is 5.37. The van der Waals surface area contributed by atoms with E-state index >= 15 is 0 Å². The fraction of sp³-hybridized carbons (Fsp3) is 0.643. The molecule has 0 amide bonds. The van der Waals surface area contributed by atoms with E-state index in [9.17, 15) is 9.90 Å². The Morgan fingerprint density at radius 3 is 2.76 bits per heavy atom. The average molecular weight is 235 g/mol. The summed E-state index contributed by atoms with van der Waals surface area (Å²) in [6.07, 6.45) is 6.75. The molecule has 0 bridgehead atoms. The third-order valence-electron chi connectivity index (χ3n) is 3.99. The Kier molecular flexibility index (Phi) is 3.55. The van der Waals surface area contributed by atoms with Crippen LogP contribution in [0.2, 0.25) is 0 Å². The van der Waals surface area contributed by atoms with Crippen LogP contribution in [0.3, 0.4) is 0 Å². The Labute approximate surface area is 102 Å². The van der Waals surface area contributed by atoms with Gasteiger partial charge in [0, 0.05) is 12.2 Å². The van der Waals surface area contributed by atoms with E-state index in [-0.39, 0.29) is 0 Å². The first kappa shape index (κ1) is 12.2. The van der Waals surface area contributed by atoms with Gasteiger partial charge in [-0.1, -0.05) is 26.7 Å². The highest BCUT2D eigenvalue weighted by Crippen LogP contribution is 2.39. The van der Waals surface area contributed by atoms with Crippen molar-refractivity contribution in [2.75, 3.05) is 0 Å². The van der Waals surface area contributed by atoms with Crippen LogP contribution < -0.4 is 0 Å². The van der Waals surface area contributed by atoms with Crippen molar-refractivity contribution in [2.45, 2.75) is 45.6 Å². The summed E-state index contributed by atoms with van der Waals surface area (Å²) in [7, 11) is 0. The normalized spacial score (nSPS) is 25.1. The molecular weight excluding hydrogens is 214 g/mol. The van der Waals surface area contributed by atoms with Crippen LogP contribution in [0.1, 0.15) is 56.1 Å². The molecule has 1 aromatic heterocycles. The predicted octanol–water partition coefficient (Wildman–Crippen LogP) is 3.57. The van der Waals surface area contributed by atoms with Crippen molar-refractivity contribution in [3.8, 4) is 0 Å². The summed E-state index contributed by atoms with van der Waals surface area (Å²) in [6.45, 7) is 4.49. The molecule has 17 heavy (non-hydrogen) atoms. The Hall–Kier alpha value is -1.25. The van der Waals surface area contributed by atoms with Crippen LogP contribution in [-0.2, 0) is 0 Å². The third kappa shape index (κ3) is 2.38. The largest absolute Gasteiger partial charge is 0.477 e. The minimum atomic E-state index is -0.817. The molecule has 94 valence electrons. The summed E-state index contributed by atoms with van der Waals surface area (Å²) in [5, 5.41) is 9.19. The maximum atomic E-state index is 11.2. The number of aromatic carboxylic acids is 1. The monoisotopic (exact) mass is 235 g/mol. The van der Waals surface area contributed by atoms with Gasteiger partial charge in [0.25, 0.3) is 0 Å². The molecule has 3 heteroatoms. The lowest BCUT2D eigenvalue weighted by Gasteiger charge is -2.36. The van der Waals surface area contributed by atoms with Gasteiger partial charge in [-0.05, 0) is 36.8 Å². The Balaban J connectivity index is 2.29. The van der Waals surface area contributed by atoms with E-state index in [0.717, 1.165) is 6.42 Å². The summed E-state index contributed by atoms with van der Waals surface area (Å²) in [5.41, 5.74) is 0.433. The number of aromatic nitrogens is 1. The van der Waals surface area contributed by atoms with Crippen molar-refractivity contribution in [1.29, 1.82) is 0 Å². The number of carbonyl (C=O) groups is 1. The first-order valence-corrected chi connectivity index (χ1v) is 6.51. The molecule has 2 unspecified atom stereocenters. The van der Waals surface area contributed by atoms with Gasteiger partial charge in [-0.15, -0.1) is 0 Å². The molecule has 1 aliphatic rings. The second kappa shape index (κ2) is 4.94. The predicted molar refractivity (Wildman–Crippen MR) is 67.2 cm³/mol. The summed E-state index contributed by atoms with van der Waals surface area (Å²) >= 11 is 0. The van der Waals surface area contributed by atoms with Crippen molar-refractivity contribution >= 4 is 5.97 Å². The van der Waals surface area contributed by atoms with E-state index in [2.05, 4.69) is 13.8 Å². The highest BCUT2D eigenvalue weighted by Gasteiger charge is 2.30. The van der Waals surface area contributed by atoms with Crippen LogP contribution >= 0.6 is 0 Å². The summed E-state index contributed by atoms with van der Waals surface area (Å²) in [5.74, 6) is 0.404. The van der Waals surface area contributed by atoms with Gasteiger partial charge in [-0.3, -0.25) is 0 Å². The van der Waals surface area contributed by atoms with Crippen LogP contribution in [0.5, 0.6) is 0 Å². The first-order valence-electron chi connectivity index (χ1n) is 6.51. The van der Waals surface area contributed by atoms with E-state index in [0.29, 0.717) is 23.6 Å². The maximum Gasteiger partial charge on any atom is 0.352 e. The summed E-state index contributed by atoms with van der Waals surface area (Å²) < 4.78 is 1.98. The van der Waals surface area contributed by atoms with Crippen molar-refractivity contribution in [2.24, 2.45) is 11.8 Å². The van der Waals surface area contributed by atoms with Gasteiger partial charge >= 0.3 is 5.97 Å². The molecule has 0 spiro atoms. The fourth-order valence-corrected chi connectivity index (χ4v) is 3.13. The molecule has 2 rings (SSSR count). The van der Waals surface area contributed by atoms with E-state index < -0.39 is 5.97 Å². The fourth-order valence-electron chi connectivity index (χ4n) is 3.13. The van der Waals surface area contributed by atoms with Gasteiger partial charge in [-0.2, -0.15) is 0 Å². The number of nitrogens with zero attached hydrogens (tertiary/aromatic N) is 1. The molecule has 3 nitrogen and oxygen atoms in total. The number of carboxylic acids is 1. The minimum absolute atomic E-state index is 0.366. The first-order chi connectivity index (χ1) is 8.11. The Bertz CT molecular complexity index is 395. The van der Waals surface area contributed by atoms with E-state index in [1.807, 2.05) is 16.8 Å². The summed E-state index contributed by atoms with van der Waals surface area (Å²) in [6, 6.07) is 3.91. The number of rotatable bonds is 3. The molecule has 0 saturated heterocycles. The smallest absolute Gasteiger partial charge is 0.352 e. The molecule has 1 saturated carbocycles. The van der Waals surface area contributed by atoms with Gasteiger partial charge < -0.3 is 9.67 Å². The molecule has 1 fully saturated rings. The molecule has 1 N–H and O–H groups in total. The highest BCUT2D eigenvalue weighted by molar-refractivity contribution is 5.85. The molecular formula is C14H21NO2. The van der Waals surface area contributed by atoms with Gasteiger partial charge in [0.1, 0.15) is 5.69 Å². The van der Waals surface area contributed by atoms with Crippen molar-refractivity contribution in [3.05, 3.63) is 24.0 Å². The van der Waals surface area contributed by atoms with Crippen molar-refractivity contribution in [1.82, 2.24) is 4.57 Å². The average Bonchev–Trinajstić information content (AvgIpc) is 2.77. The van der Waals surface area contributed by atoms with Crippen molar-refractivity contribution < 1.29 is 9.90 Å². The second-order valence-electron chi connectivity index (χ2n) is 5.37. The van der Waals surface area contributed by atoms with Crippen LogP contribution in [0.25, 0.3) is 0 Å². The van der Waals surface area contributed by atoms with Gasteiger partial charge in [0.2, 0.25) is 0 Å².